The first-order valence-corrected chi connectivity index (χ1v) is 4.64. The van der Waals surface area contributed by atoms with E-state index < -0.39 is 5.97 Å². The van der Waals surface area contributed by atoms with Crippen LogP contribution < -0.4 is 0 Å². The van der Waals surface area contributed by atoms with E-state index in [1.807, 2.05) is 36.4 Å². The van der Waals surface area contributed by atoms with Crippen molar-refractivity contribution < 1.29 is 9.53 Å². The fraction of sp³-hybridized carbons (Fsp3) is 0.167. The molecule has 1 aromatic carbocycles. The van der Waals surface area contributed by atoms with E-state index in [1.54, 1.807) is 6.92 Å². The summed E-state index contributed by atoms with van der Waals surface area (Å²) in [7, 11) is 0. The maximum absolute atomic E-state index is 11.3. The van der Waals surface area contributed by atoms with Gasteiger partial charge in [0.05, 0.1) is 0 Å². The predicted molar refractivity (Wildman–Crippen MR) is 54.5 cm³/mol. The number of carbonyl (C=O) groups is 1. The number of cyclic esters (lactones) is 1. The van der Waals surface area contributed by atoms with Gasteiger partial charge in [0.1, 0.15) is 17.7 Å². The maximum atomic E-state index is 11.3. The van der Waals surface area contributed by atoms with Crippen molar-refractivity contribution in [2.24, 2.45) is 0 Å². The van der Waals surface area contributed by atoms with Crippen molar-refractivity contribution in [2.75, 3.05) is 0 Å². The number of ether oxygens (including phenoxy) is 1. The molecule has 3 heteroatoms. The summed E-state index contributed by atoms with van der Waals surface area (Å²) in [6, 6.07) is 11.3. The van der Waals surface area contributed by atoms with Gasteiger partial charge < -0.3 is 4.74 Å². The average Bonchev–Trinajstić information content (AvgIpc) is 2.54. The number of benzene rings is 1. The van der Waals surface area contributed by atoms with Crippen molar-refractivity contribution in [3.63, 3.8) is 0 Å². The number of esters is 1. The Labute approximate surface area is 87.6 Å². The third kappa shape index (κ3) is 1.50. The van der Waals surface area contributed by atoms with E-state index in [4.69, 9.17) is 10.00 Å². The second-order valence-electron chi connectivity index (χ2n) is 3.31. The van der Waals surface area contributed by atoms with Crippen LogP contribution in [0.25, 0.3) is 5.57 Å². The molecule has 1 atom stereocenters. The minimum Gasteiger partial charge on any atom is -0.454 e. The highest BCUT2D eigenvalue weighted by Crippen LogP contribution is 2.30. The Morgan fingerprint density at radius 3 is 2.60 bits per heavy atom. The van der Waals surface area contributed by atoms with Crippen LogP contribution in [-0.4, -0.2) is 12.1 Å². The molecular weight excluding hydrogens is 190 g/mol. The summed E-state index contributed by atoms with van der Waals surface area (Å²) in [6.45, 7) is 1.77. The molecule has 0 bridgehead atoms. The van der Waals surface area contributed by atoms with Crippen LogP contribution in [0.1, 0.15) is 12.5 Å². The average molecular weight is 199 g/mol. The second kappa shape index (κ2) is 3.58. The summed E-state index contributed by atoms with van der Waals surface area (Å²) in [6.07, 6.45) is -0.338. The molecule has 0 aromatic heterocycles. The highest BCUT2D eigenvalue weighted by atomic mass is 16.5. The molecule has 0 spiro atoms. The Morgan fingerprint density at radius 1 is 1.33 bits per heavy atom. The van der Waals surface area contributed by atoms with Crippen LogP contribution in [0, 0.1) is 11.3 Å². The molecule has 2 rings (SSSR count). The van der Waals surface area contributed by atoms with Gasteiger partial charge in [-0.25, -0.2) is 4.79 Å². The van der Waals surface area contributed by atoms with E-state index >= 15 is 0 Å². The van der Waals surface area contributed by atoms with E-state index in [0.29, 0.717) is 5.57 Å². The molecule has 0 fully saturated rings. The predicted octanol–water partition coefficient (Wildman–Crippen LogP) is 1.91. The Kier molecular flexibility index (Phi) is 2.26. The molecule has 0 radical (unpaired) electrons. The van der Waals surface area contributed by atoms with E-state index in [0.717, 1.165) is 5.56 Å². The molecular formula is C12H9NO2. The SMILES string of the molecule is CC1OC(=O)C(C#N)=C1c1ccccc1. The molecule has 1 aliphatic heterocycles. The zero-order valence-electron chi connectivity index (χ0n) is 8.23. The third-order valence-corrected chi connectivity index (χ3v) is 2.36. The Hall–Kier alpha value is -2.08. The zero-order valence-corrected chi connectivity index (χ0v) is 8.23. The zero-order chi connectivity index (χ0) is 10.8. The second-order valence-corrected chi connectivity index (χ2v) is 3.31. The van der Waals surface area contributed by atoms with Gasteiger partial charge in [-0.3, -0.25) is 0 Å². The first kappa shape index (κ1) is 9.47. The number of nitrogens with zero attached hydrogens (tertiary/aromatic N) is 1. The van der Waals surface area contributed by atoms with Crippen LogP contribution in [0.4, 0.5) is 0 Å². The molecule has 1 unspecified atom stereocenters. The molecule has 15 heavy (non-hydrogen) atoms. The smallest absolute Gasteiger partial charge is 0.349 e. The first-order valence-electron chi connectivity index (χ1n) is 4.64. The molecule has 1 aliphatic rings. The van der Waals surface area contributed by atoms with Crippen molar-refractivity contribution in [1.82, 2.24) is 0 Å². The minimum atomic E-state index is -0.524. The largest absolute Gasteiger partial charge is 0.454 e. The molecule has 0 amide bonds. The third-order valence-electron chi connectivity index (χ3n) is 2.36. The van der Waals surface area contributed by atoms with Crippen molar-refractivity contribution in [3.8, 4) is 6.07 Å². The molecule has 0 N–H and O–H groups in total. The van der Waals surface area contributed by atoms with Gasteiger partial charge in [-0.2, -0.15) is 5.26 Å². The van der Waals surface area contributed by atoms with Gasteiger partial charge in [0, 0.05) is 5.57 Å². The minimum absolute atomic E-state index is 0.119. The highest BCUT2D eigenvalue weighted by Gasteiger charge is 2.31. The molecule has 74 valence electrons. The topological polar surface area (TPSA) is 50.1 Å². The Morgan fingerprint density at radius 2 is 2.00 bits per heavy atom. The lowest BCUT2D eigenvalue weighted by molar-refractivity contribution is -0.138. The normalized spacial score (nSPS) is 20.0. The van der Waals surface area contributed by atoms with Crippen LogP contribution in [0.2, 0.25) is 0 Å². The number of rotatable bonds is 1. The number of hydrogen-bond donors (Lipinski definition) is 0. The molecule has 0 saturated heterocycles. The van der Waals surface area contributed by atoms with Crippen molar-refractivity contribution in [3.05, 3.63) is 41.5 Å². The number of hydrogen-bond acceptors (Lipinski definition) is 3. The molecule has 0 saturated carbocycles. The van der Waals surface area contributed by atoms with Crippen molar-refractivity contribution in [1.29, 1.82) is 5.26 Å². The van der Waals surface area contributed by atoms with Gasteiger partial charge in [-0.1, -0.05) is 30.3 Å². The summed E-state index contributed by atoms with van der Waals surface area (Å²) in [4.78, 5) is 11.3. The lowest BCUT2D eigenvalue weighted by Crippen LogP contribution is -2.05. The van der Waals surface area contributed by atoms with E-state index in [2.05, 4.69) is 0 Å². The van der Waals surface area contributed by atoms with E-state index in [9.17, 15) is 4.79 Å². The number of carbonyl (C=O) groups excluding carboxylic acids is 1. The molecule has 3 nitrogen and oxygen atoms in total. The fourth-order valence-corrected chi connectivity index (χ4v) is 1.69. The summed E-state index contributed by atoms with van der Waals surface area (Å²) in [5.74, 6) is -0.524. The van der Waals surface area contributed by atoms with Crippen molar-refractivity contribution in [2.45, 2.75) is 13.0 Å². The van der Waals surface area contributed by atoms with Gasteiger partial charge in [-0.15, -0.1) is 0 Å². The summed E-state index contributed by atoms with van der Waals surface area (Å²) in [5.41, 5.74) is 1.67. The van der Waals surface area contributed by atoms with Crippen LogP contribution in [-0.2, 0) is 9.53 Å². The van der Waals surface area contributed by atoms with Crippen LogP contribution >= 0.6 is 0 Å². The molecule has 1 aromatic rings. The van der Waals surface area contributed by atoms with Crippen LogP contribution in [0.5, 0.6) is 0 Å². The van der Waals surface area contributed by atoms with E-state index in [1.165, 1.54) is 0 Å². The number of nitriles is 1. The van der Waals surface area contributed by atoms with Crippen molar-refractivity contribution >= 4 is 11.5 Å². The first-order chi connectivity index (χ1) is 7.24. The van der Waals surface area contributed by atoms with Crippen LogP contribution in [0.3, 0.4) is 0 Å². The summed E-state index contributed by atoms with van der Waals surface area (Å²) >= 11 is 0. The van der Waals surface area contributed by atoms with Crippen LogP contribution in [0.15, 0.2) is 35.9 Å². The Balaban J connectivity index is 2.57. The standard InChI is InChI=1S/C12H9NO2/c1-8-11(9-5-3-2-4-6-9)10(7-13)12(14)15-8/h2-6,8H,1H3. The monoisotopic (exact) mass is 199 g/mol. The van der Waals surface area contributed by atoms with Gasteiger partial charge >= 0.3 is 5.97 Å². The summed E-state index contributed by atoms with van der Waals surface area (Å²) < 4.78 is 5.00. The fourth-order valence-electron chi connectivity index (χ4n) is 1.69. The molecule has 0 aliphatic carbocycles. The van der Waals surface area contributed by atoms with Gasteiger partial charge in [0.25, 0.3) is 0 Å². The quantitative estimate of drug-likeness (QED) is 0.649. The lowest BCUT2D eigenvalue weighted by Gasteiger charge is -2.07. The van der Waals surface area contributed by atoms with Gasteiger partial charge in [-0.05, 0) is 12.5 Å². The van der Waals surface area contributed by atoms with E-state index in [-0.39, 0.29) is 11.7 Å². The highest BCUT2D eigenvalue weighted by molar-refractivity contribution is 6.06. The van der Waals surface area contributed by atoms with Gasteiger partial charge in [0.2, 0.25) is 0 Å². The lowest BCUT2D eigenvalue weighted by atomic mass is 9.98. The summed E-state index contributed by atoms with van der Waals surface area (Å²) in [5, 5.41) is 8.88. The maximum Gasteiger partial charge on any atom is 0.349 e. The molecule has 1 heterocycles. The van der Waals surface area contributed by atoms with Gasteiger partial charge in [0.15, 0.2) is 0 Å². The Bertz CT molecular complexity index is 468.